The molecule has 0 aromatic carbocycles. The number of hydrogen-bond donors (Lipinski definition) is 1. The summed E-state index contributed by atoms with van der Waals surface area (Å²) in [5, 5.41) is 12.0. The zero-order valence-electron chi connectivity index (χ0n) is 15.2. The molecule has 0 unspecified atom stereocenters. The molecule has 0 aliphatic rings. The third-order valence-electron chi connectivity index (χ3n) is 3.45. The highest BCUT2D eigenvalue weighted by atomic mass is 32.2. The Kier molecular flexibility index (Phi) is 6.66. The summed E-state index contributed by atoms with van der Waals surface area (Å²) < 4.78 is 4.97. The first kappa shape index (κ1) is 19.9. The van der Waals surface area contributed by atoms with Crippen LogP contribution in [0.2, 0.25) is 0 Å². The van der Waals surface area contributed by atoms with Crippen LogP contribution in [-0.4, -0.2) is 44.4 Å². The van der Waals surface area contributed by atoms with Gasteiger partial charge in [-0.2, -0.15) is 0 Å². The number of pyridine rings is 1. The van der Waals surface area contributed by atoms with Crippen LogP contribution < -0.4 is 5.32 Å². The Hall–Kier alpha value is -2.85. The fourth-order valence-electron chi connectivity index (χ4n) is 2.20. The van der Waals surface area contributed by atoms with E-state index in [2.05, 4.69) is 25.5 Å². The van der Waals surface area contributed by atoms with Gasteiger partial charge in [-0.05, 0) is 38.1 Å². The second-order valence-electron chi connectivity index (χ2n) is 5.49. The van der Waals surface area contributed by atoms with E-state index < -0.39 is 5.97 Å². The Morgan fingerprint density at radius 3 is 2.79 bits per heavy atom. The molecule has 144 valence electrons. The quantitative estimate of drug-likeness (QED) is 0.463. The average molecular weight is 416 g/mol. The number of amides is 1. The largest absolute Gasteiger partial charge is 0.462 e. The molecule has 0 fully saturated rings. The number of carbonyl (C=O) groups excluding carboxylic acids is 2. The van der Waals surface area contributed by atoms with Crippen LogP contribution >= 0.6 is 23.1 Å². The maximum absolute atomic E-state index is 12.2. The predicted octanol–water partition coefficient (Wildman–Crippen LogP) is 3.21. The van der Waals surface area contributed by atoms with Gasteiger partial charge in [-0.15, -0.1) is 10.2 Å². The molecule has 3 heterocycles. The van der Waals surface area contributed by atoms with Gasteiger partial charge in [-0.3, -0.25) is 9.78 Å². The number of thiazole rings is 1. The Labute approximate surface area is 169 Å². The molecule has 0 aliphatic heterocycles. The minimum absolute atomic E-state index is 0.147. The van der Waals surface area contributed by atoms with Crippen molar-refractivity contribution in [2.45, 2.75) is 18.9 Å². The van der Waals surface area contributed by atoms with Gasteiger partial charge in [0.2, 0.25) is 5.91 Å². The summed E-state index contributed by atoms with van der Waals surface area (Å²) in [6.45, 7) is 3.72. The molecule has 0 radical (unpaired) electrons. The zero-order chi connectivity index (χ0) is 19.9. The van der Waals surface area contributed by atoms with Gasteiger partial charge >= 0.3 is 5.97 Å². The summed E-state index contributed by atoms with van der Waals surface area (Å²) >= 11 is 2.36. The monoisotopic (exact) mass is 415 g/mol. The van der Waals surface area contributed by atoms with E-state index in [1.54, 1.807) is 32.3 Å². The summed E-state index contributed by atoms with van der Waals surface area (Å²) in [4.78, 5) is 32.6. The number of hydrogen-bond acceptors (Lipinski definition) is 9. The third kappa shape index (κ3) is 5.11. The number of rotatable bonds is 7. The molecule has 3 aromatic heterocycles. The van der Waals surface area contributed by atoms with E-state index in [9.17, 15) is 9.59 Å². The first-order chi connectivity index (χ1) is 13.6. The number of carbonyl (C=O) groups is 2. The lowest BCUT2D eigenvalue weighted by atomic mass is 10.2. The maximum Gasteiger partial charge on any atom is 0.350 e. The molecule has 0 bridgehead atoms. The molecule has 3 rings (SSSR count). The van der Waals surface area contributed by atoms with Gasteiger partial charge < -0.3 is 10.1 Å². The molecule has 3 aromatic rings. The van der Waals surface area contributed by atoms with Crippen molar-refractivity contribution in [3.8, 4) is 11.3 Å². The molecule has 10 heteroatoms. The number of anilines is 1. The lowest BCUT2D eigenvalue weighted by molar-refractivity contribution is -0.113. The topological polar surface area (TPSA) is 107 Å². The fraction of sp³-hybridized carbons (Fsp3) is 0.222. The van der Waals surface area contributed by atoms with E-state index in [0.29, 0.717) is 26.4 Å². The first-order valence-corrected chi connectivity index (χ1v) is 10.2. The molecule has 0 saturated carbocycles. The number of ether oxygens (including phenoxy) is 1. The minimum atomic E-state index is -0.434. The Morgan fingerprint density at radius 2 is 2.11 bits per heavy atom. The van der Waals surface area contributed by atoms with E-state index in [0.717, 1.165) is 16.9 Å². The van der Waals surface area contributed by atoms with Crippen molar-refractivity contribution in [2.75, 3.05) is 17.7 Å². The van der Waals surface area contributed by atoms with Gasteiger partial charge in [0.25, 0.3) is 0 Å². The highest BCUT2D eigenvalue weighted by molar-refractivity contribution is 7.99. The van der Waals surface area contributed by atoms with Crippen molar-refractivity contribution in [3.05, 3.63) is 47.2 Å². The summed E-state index contributed by atoms with van der Waals surface area (Å²) in [6, 6.07) is 7.37. The van der Waals surface area contributed by atoms with Crippen LogP contribution in [0, 0.1) is 6.92 Å². The van der Waals surface area contributed by atoms with Gasteiger partial charge in [0, 0.05) is 18.0 Å². The smallest absolute Gasteiger partial charge is 0.350 e. The van der Waals surface area contributed by atoms with Crippen molar-refractivity contribution in [2.24, 2.45) is 0 Å². The molecule has 0 spiro atoms. The summed E-state index contributed by atoms with van der Waals surface area (Å²) in [7, 11) is 0. The van der Waals surface area contributed by atoms with E-state index >= 15 is 0 Å². The van der Waals surface area contributed by atoms with E-state index in [1.165, 1.54) is 11.8 Å². The molecule has 1 amide bonds. The van der Waals surface area contributed by atoms with Crippen LogP contribution in [-0.2, 0) is 9.53 Å². The van der Waals surface area contributed by atoms with Crippen molar-refractivity contribution in [3.63, 3.8) is 0 Å². The van der Waals surface area contributed by atoms with Crippen LogP contribution in [0.4, 0.5) is 5.13 Å². The number of nitrogens with one attached hydrogen (secondary N) is 1. The van der Waals surface area contributed by atoms with Gasteiger partial charge in [-0.1, -0.05) is 23.1 Å². The zero-order valence-corrected chi connectivity index (χ0v) is 16.8. The third-order valence-corrected chi connectivity index (χ3v) is 5.43. The van der Waals surface area contributed by atoms with Gasteiger partial charge in [0.15, 0.2) is 5.13 Å². The van der Waals surface area contributed by atoms with Crippen LogP contribution in [0.15, 0.2) is 41.7 Å². The van der Waals surface area contributed by atoms with Crippen LogP contribution in [0.1, 0.15) is 22.3 Å². The summed E-state index contributed by atoms with van der Waals surface area (Å²) in [6.07, 6.45) is 3.41. The van der Waals surface area contributed by atoms with Crippen molar-refractivity contribution in [1.29, 1.82) is 0 Å². The molecular formula is C18H17N5O3S2. The van der Waals surface area contributed by atoms with Crippen LogP contribution in [0.5, 0.6) is 0 Å². The number of aromatic nitrogens is 4. The number of aryl methyl sites for hydroxylation is 1. The maximum atomic E-state index is 12.2. The van der Waals surface area contributed by atoms with Crippen molar-refractivity contribution in [1.82, 2.24) is 20.2 Å². The second-order valence-corrected chi connectivity index (χ2v) is 7.48. The SMILES string of the molecule is CCOC(=O)c1sc(NC(=O)CSc2ccc(-c3cccnc3)nn2)nc1C. The molecule has 0 atom stereocenters. The lowest BCUT2D eigenvalue weighted by Crippen LogP contribution is -2.14. The number of esters is 1. The molecular weight excluding hydrogens is 398 g/mol. The molecule has 0 saturated heterocycles. The predicted molar refractivity (Wildman–Crippen MR) is 107 cm³/mol. The molecule has 28 heavy (non-hydrogen) atoms. The normalized spacial score (nSPS) is 10.5. The minimum Gasteiger partial charge on any atom is -0.462 e. The lowest BCUT2D eigenvalue weighted by Gasteiger charge is -2.03. The number of nitrogens with zero attached hydrogens (tertiary/aromatic N) is 4. The standard InChI is InChI=1S/C18H17N5O3S2/c1-3-26-17(25)16-11(2)20-18(28-16)21-14(24)10-27-15-7-6-13(22-23-15)12-5-4-8-19-9-12/h4-9H,3,10H2,1-2H3,(H,20,21,24). The molecule has 1 N–H and O–H groups in total. The Bertz CT molecular complexity index is 961. The van der Waals surface area contributed by atoms with Crippen LogP contribution in [0.3, 0.4) is 0 Å². The molecule has 8 nitrogen and oxygen atoms in total. The van der Waals surface area contributed by atoms with E-state index in [1.807, 2.05) is 18.2 Å². The van der Waals surface area contributed by atoms with Crippen molar-refractivity contribution >= 4 is 40.1 Å². The average Bonchev–Trinajstić information content (AvgIpc) is 3.08. The van der Waals surface area contributed by atoms with Crippen molar-refractivity contribution < 1.29 is 14.3 Å². The van der Waals surface area contributed by atoms with Gasteiger partial charge in [-0.25, -0.2) is 9.78 Å². The van der Waals surface area contributed by atoms with Gasteiger partial charge in [0.1, 0.15) is 9.90 Å². The number of thioether (sulfide) groups is 1. The fourth-order valence-corrected chi connectivity index (χ4v) is 3.69. The van der Waals surface area contributed by atoms with Crippen LogP contribution in [0.25, 0.3) is 11.3 Å². The highest BCUT2D eigenvalue weighted by Crippen LogP contribution is 2.24. The first-order valence-electron chi connectivity index (χ1n) is 8.38. The highest BCUT2D eigenvalue weighted by Gasteiger charge is 2.17. The van der Waals surface area contributed by atoms with E-state index in [-0.39, 0.29) is 18.3 Å². The second kappa shape index (κ2) is 9.38. The Morgan fingerprint density at radius 1 is 1.25 bits per heavy atom. The summed E-state index contributed by atoms with van der Waals surface area (Å²) in [5.74, 6) is -0.530. The Balaban J connectivity index is 1.55. The van der Waals surface area contributed by atoms with E-state index in [4.69, 9.17) is 4.74 Å². The summed E-state index contributed by atoms with van der Waals surface area (Å²) in [5.41, 5.74) is 2.12. The van der Waals surface area contributed by atoms with Gasteiger partial charge in [0.05, 0.1) is 23.7 Å². The molecule has 0 aliphatic carbocycles.